The summed E-state index contributed by atoms with van der Waals surface area (Å²) in [7, 11) is 9.78. The van der Waals surface area contributed by atoms with Crippen LogP contribution in [-0.4, -0.2) is 94.0 Å². The Morgan fingerprint density at radius 3 is 1.77 bits per heavy atom. The van der Waals surface area contributed by atoms with Crippen molar-refractivity contribution in [3.63, 3.8) is 0 Å². The maximum absolute atomic E-state index is 2.52. The second-order valence-corrected chi connectivity index (χ2v) is 9.70. The van der Waals surface area contributed by atoms with E-state index in [4.69, 9.17) is 0 Å². The molecule has 0 aromatic heterocycles. The van der Waals surface area contributed by atoms with Gasteiger partial charge in [-0.05, 0) is 12.8 Å². The van der Waals surface area contributed by atoms with Gasteiger partial charge in [0.2, 0.25) is 0 Å². The van der Waals surface area contributed by atoms with Crippen LogP contribution >= 0.6 is 0 Å². The molecular formula is C19H38N3+3. The van der Waals surface area contributed by atoms with Crippen LogP contribution in [-0.2, 0) is 0 Å². The van der Waals surface area contributed by atoms with Crippen LogP contribution in [0.5, 0.6) is 0 Å². The van der Waals surface area contributed by atoms with Crippen LogP contribution in [0.2, 0.25) is 0 Å². The first kappa shape index (κ1) is 16.5. The molecule has 0 bridgehead atoms. The zero-order chi connectivity index (χ0) is 15.8. The largest absolute Gasteiger partial charge is 0.325 e. The fourth-order valence-corrected chi connectivity index (χ4v) is 5.07. The lowest BCUT2D eigenvalue weighted by Crippen LogP contribution is -2.63. The highest BCUT2D eigenvalue weighted by atomic mass is 15.4. The molecule has 2 unspecified atom stereocenters. The molecule has 2 aliphatic heterocycles. The van der Waals surface area contributed by atoms with Gasteiger partial charge in [0.1, 0.15) is 26.2 Å². The summed E-state index contributed by atoms with van der Waals surface area (Å²) in [6, 6.07) is 0. The van der Waals surface area contributed by atoms with Crippen molar-refractivity contribution in [3.8, 4) is 0 Å². The molecule has 3 nitrogen and oxygen atoms in total. The standard InChI is InChI=1S/C19H38N3/c1-20(2)12-14-21(3,15-13-20)10-7-11-22(4)16-18-8-5-6-9-19(18)17-22/h5-6,18-19H,7-17H2,1-4H3/q+3. The highest BCUT2D eigenvalue weighted by molar-refractivity contribution is 4.96. The van der Waals surface area contributed by atoms with Crippen LogP contribution in [0.4, 0.5) is 0 Å². The molecule has 2 heterocycles. The molecular weight excluding hydrogens is 270 g/mol. The predicted octanol–water partition coefficient (Wildman–Crippen LogP) is 1.96. The number of rotatable bonds is 4. The lowest BCUT2D eigenvalue weighted by Gasteiger charge is -2.44. The number of quaternary nitrogens is 3. The molecule has 2 atom stereocenters. The lowest BCUT2D eigenvalue weighted by atomic mass is 9.86. The fraction of sp³-hybridized carbons (Fsp3) is 0.895. The number of likely N-dealkylation sites (N-methyl/N-ethyl adjacent to an activating group) is 2. The van der Waals surface area contributed by atoms with E-state index < -0.39 is 0 Å². The van der Waals surface area contributed by atoms with Gasteiger partial charge in [-0.3, -0.25) is 0 Å². The molecule has 0 aromatic rings. The van der Waals surface area contributed by atoms with E-state index in [1.165, 1.54) is 85.1 Å². The Kier molecular flexibility index (Phi) is 4.43. The number of hydrogen-bond donors (Lipinski definition) is 0. The van der Waals surface area contributed by atoms with Crippen molar-refractivity contribution in [1.29, 1.82) is 0 Å². The highest BCUT2D eigenvalue weighted by Crippen LogP contribution is 2.36. The highest BCUT2D eigenvalue weighted by Gasteiger charge is 2.42. The Morgan fingerprint density at radius 2 is 1.23 bits per heavy atom. The van der Waals surface area contributed by atoms with Crippen LogP contribution in [0.25, 0.3) is 0 Å². The molecule has 2 fully saturated rings. The van der Waals surface area contributed by atoms with Crippen LogP contribution < -0.4 is 0 Å². The fourth-order valence-electron chi connectivity index (χ4n) is 5.07. The Balaban J connectivity index is 1.45. The molecule has 1 aliphatic carbocycles. The van der Waals surface area contributed by atoms with Gasteiger partial charge in [0.25, 0.3) is 0 Å². The number of fused-ring (bicyclic) bond motifs is 1. The van der Waals surface area contributed by atoms with E-state index >= 15 is 0 Å². The topological polar surface area (TPSA) is 0 Å². The summed E-state index contributed by atoms with van der Waals surface area (Å²) in [6.45, 7) is 11.1. The minimum Gasteiger partial charge on any atom is -0.325 e. The first-order chi connectivity index (χ1) is 10.3. The molecule has 0 N–H and O–H groups in total. The number of allylic oxidation sites excluding steroid dienone is 2. The van der Waals surface area contributed by atoms with Gasteiger partial charge >= 0.3 is 0 Å². The smallest absolute Gasteiger partial charge is 0.128 e. The number of likely N-dealkylation sites (tertiary alicyclic amines) is 1. The van der Waals surface area contributed by atoms with Gasteiger partial charge in [-0.2, -0.15) is 0 Å². The number of hydrogen-bond acceptors (Lipinski definition) is 0. The van der Waals surface area contributed by atoms with Crippen molar-refractivity contribution < 1.29 is 13.4 Å². The molecule has 0 amide bonds. The van der Waals surface area contributed by atoms with E-state index in [1.807, 2.05) is 0 Å². The summed E-state index contributed by atoms with van der Waals surface area (Å²) < 4.78 is 3.88. The van der Waals surface area contributed by atoms with Gasteiger partial charge in [0.15, 0.2) is 0 Å². The molecule has 0 spiro atoms. The molecule has 0 radical (unpaired) electrons. The van der Waals surface area contributed by atoms with Crippen molar-refractivity contribution >= 4 is 0 Å². The molecule has 126 valence electrons. The summed E-state index contributed by atoms with van der Waals surface area (Å²) in [6.07, 6.45) is 8.96. The van der Waals surface area contributed by atoms with Crippen molar-refractivity contribution in [2.24, 2.45) is 11.8 Å². The average Bonchev–Trinajstić information content (AvgIpc) is 2.79. The van der Waals surface area contributed by atoms with Gasteiger partial charge in [-0.25, -0.2) is 0 Å². The summed E-state index contributed by atoms with van der Waals surface area (Å²) in [4.78, 5) is 0. The molecule has 22 heavy (non-hydrogen) atoms. The Labute approximate surface area is 138 Å². The molecule has 0 saturated carbocycles. The molecule has 0 aromatic carbocycles. The predicted molar refractivity (Wildman–Crippen MR) is 93.4 cm³/mol. The maximum Gasteiger partial charge on any atom is 0.128 e. The van der Waals surface area contributed by atoms with E-state index in [0.717, 1.165) is 11.8 Å². The lowest BCUT2D eigenvalue weighted by molar-refractivity contribution is -1.01. The average molecular weight is 309 g/mol. The minimum atomic E-state index is 0.979. The van der Waals surface area contributed by atoms with Crippen LogP contribution in [0.15, 0.2) is 12.2 Å². The zero-order valence-electron chi connectivity index (χ0n) is 15.4. The molecule has 3 heteroatoms. The molecule has 3 rings (SSSR count). The van der Waals surface area contributed by atoms with Crippen molar-refractivity contribution in [2.45, 2.75) is 19.3 Å². The van der Waals surface area contributed by atoms with Gasteiger partial charge < -0.3 is 13.4 Å². The summed E-state index contributed by atoms with van der Waals surface area (Å²) >= 11 is 0. The van der Waals surface area contributed by atoms with Gasteiger partial charge in [0, 0.05) is 18.3 Å². The normalized spacial score (nSPS) is 39.6. The van der Waals surface area contributed by atoms with Crippen LogP contribution in [0.3, 0.4) is 0 Å². The number of piperazine rings is 1. The Hall–Kier alpha value is -0.380. The van der Waals surface area contributed by atoms with Gasteiger partial charge in [-0.15, -0.1) is 0 Å². The second kappa shape index (κ2) is 5.92. The van der Waals surface area contributed by atoms with Crippen molar-refractivity contribution in [1.82, 2.24) is 0 Å². The van der Waals surface area contributed by atoms with Crippen LogP contribution in [0.1, 0.15) is 19.3 Å². The summed E-state index contributed by atoms with van der Waals surface area (Å²) in [5.74, 6) is 1.96. The van der Waals surface area contributed by atoms with Gasteiger partial charge in [0.05, 0.1) is 54.4 Å². The minimum absolute atomic E-state index is 0.979. The van der Waals surface area contributed by atoms with E-state index in [-0.39, 0.29) is 0 Å². The Bertz CT molecular complexity index is 400. The van der Waals surface area contributed by atoms with E-state index in [2.05, 4.69) is 40.3 Å². The second-order valence-electron chi connectivity index (χ2n) is 9.70. The van der Waals surface area contributed by atoms with Gasteiger partial charge in [-0.1, -0.05) is 12.2 Å². The first-order valence-electron chi connectivity index (χ1n) is 9.43. The van der Waals surface area contributed by atoms with E-state index in [9.17, 15) is 0 Å². The third kappa shape index (κ3) is 3.74. The zero-order valence-corrected chi connectivity index (χ0v) is 15.4. The number of nitrogens with zero attached hydrogens (tertiary/aromatic N) is 3. The third-order valence-corrected chi connectivity index (χ3v) is 6.95. The van der Waals surface area contributed by atoms with Crippen molar-refractivity contribution in [2.75, 3.05) is 80.5 Å². The Morgan fingerprint density at radius 1 is 0.727 bits per heavy atom. The first-order valence-corrected chi connectivity index (χ1v) is 9.43. The maximum atomic E-state index is 2.52. The van der Waals surface area contributed by atoms with Crippen LogP contribution in [0, 0.1) is 11.8 Å². The quantitative estimate of drug-likeness (QED) is 0.550. The van der Waals surface area contributed by atoms with Crippen molar-refractivity contribution in [3.05, 3.63) is 12.2 Å². The third-order valence-electron chi connectivity index (χ3n) is 6.95. The van der Waals surface area contributed by atoms with E-state index in [1.54, 1.807) is 0 Å². The molecule has 2 saturated heterocycles. The monoisotopic (exact) mass is 308 g/mol. The summed E-state index contributed by atoms with van der Waals surface area (Å²) in [5, 5.41) is 0. The van der Waals surface area contributed by atoms with E-state index in [0.29, 0.717) is 0 Å². The summed E-state index contributed by atoms with van der Waals surface area (Å²) in [5.41, 5.74) is 0. The molecule has 3 aliphatic rings. The SMILES string of the molecule is C[N+]1(C)CC[N+](C)(CCC[N+]2(C)CC3CC=CCC3C2)CC1.